The third kappa shape index (κ3) is 4.22. The quantitative estimate of drug-likeness (QED) is 0.831. The van der Waals surface area contributed by atoms with Gasteiger partial charge in [-0.3, -0.25) is 9.59 Å². The second kappa shape index (κ2) is 7.77. The van der Waals surface area contributed by atoms with Gasteiger partial charge in [-0.15, -0.1) is 0 Å². The summed E-state index contributed by atoms with van der Waals surface area (Å²) in [7, 11) is 0. The van der Waals surface area contributed by atoms with Crippen molar-refractivity contribution in [3.63, 3.8) is 0 Å². The van der Waals surface area contributed by atoms with Crippen LogP contribution in [0.1, 0.15) is 36.3 Å². The average Bonchev–Trinajstić information content (AvgIpc) is 3.05. The number of benzene rings is 2. The lowest BCUT2D eigenvalue weighted by Crippen LogP contribution is -2.33. The van der Waals surface area contributed by atoms with Gasteiger partial charge in [-0.1, -0.05) is 60.7 Å². The molecule has 1 N–H and O–H groups in total. The molecule has 3 rings (SSSR count). The van der Waals surface area contributed by atoms with Gasteiger partial charge in [-0.25, -0.2) is 0 Å². The number of amides is 1. The van der Waals surface area contributed by atoms with Crippen LogP contribution in [0.3, 0.4) is 0 Å². The highest BCUT2D eigenvalue weighted by molar-refractivity contribution is 5.79. The molecular formula is C20H21NO3. The molecule has 124 valence electrons. The van der Waals surface area contributed by atoms with Crippen molar-refractivity contribution in [2.24, 2.45) is 0 Å². The van der Waals surface area contributed by atoms with Crippen LogP contribution >= 0.6 is 0 Å². The molecule has 0 saturated carbocycles. The van der Waals surface area contributed by atoms with Gasteiger partial charge in [-0.05, 0) is 17.5 Å². The zero-order valence-corrected chi connectivity index (χ0v) is 13.5. The van der Waals surface area contributed by atoms with E-state index < -0.39 is 0 Å². The van der Waals surface area contributed by atoms with E-state index in [-0.39, 0.29) is 36.9 Å². The molecule has 2 aromatic carbocycles. The van der Waals surface area contributed by atoms with E-state index >= 15 is 0 Å². The van der Waals surface area contributed by atoms with Crippen LogP contribution in [0.5, 0.6) is 0 Å². The molecule has 1 fully saturated rings. The molecule has 2 atom stereocenters. The minimum Gasteiger partial charge on any atom is -0.461 e. The molecule has 0 aliphatic carbocycles. The highest BCUT2D eigenvalue weighted by Crippen LogP contribution is 2.29. The second-order valence-corrected chi connectivity index (χ2v) is 6.08. The number of carbonyl (C=O) groups excluding carboxylic acids is 2. The lowest BCUT2D eigenvalue weighted by Gasteiger charge is -2.23. The van der Waals surface area contributed by atoms with Gasteiger partial charge in [0.2, 0.25) is 5.91 Å². The molecule has 0 bridgehead atoms. The Morgan fingerprint density at radius 3 is 2.38 bits per heavy atom. The number of nitrogens with one attached hydrogen (secondary N) is 1. The summed E-state index contributed by atoms with van der Waals surface area (Å²) in [6.45, 7) is 0.276. The zero-order valence-electron chi connectivity index (χ0n) is 13.5. The number of esters is 1. The minimum atomic E-state index is -0.242. The Morgan fingerprint density at radius 1 is 1.08 bits per heavy atom. The van der Waals surface area contributed by atoms with Gasteiger partial charge in [0, 0.05) is 18.4 Å². The normalized spacial score (nSPS) is 18.0. The van der Waals surface area contributed by atoms with Crippen molar-refractivity contribution < 1.29 is 14.3 Å². The molecule has 1 heterocycles. The van der Waals surface area contributed by atoms with E-state index in [1.165, 1.54) is 0 Å². The third-order valence-corrected chi connectivity index (χ3v) is 4.37. The average molecular weight is 323 g/mol. The minimum absolute atomic E-state index is 0.0100. The van der Waals surface area contributed by atoms with E-state index in [1.807, 2.05) is 60.7 Å². The fraction of sp³-hybridized carbons (Fsp3) is 0.300. The Morgan fingerprint density at radius 2 is 1.75 bits per heavy atom. The second-order valence-electron chi connectivity index (χ2n) is 6.08. The Bertz CT molecular complexity index is 685. The van der Waals surface area contributed by atoms with Crippen molar-refractivity contribution in [2.45, 2.75) is 37.8 Å². The maximum atomic E-state index is 12.3. The van der Waals surface area contributed by atoms with Gasteiger partial charge in [0.1, 0.15) is 6.61 Å². The Kier molecular flexibility index (Phi) is 5.26. The summed E-state index contributed by atoms with van der Waals surface area (Å²) in [5.41, 5.74) is 2.03. The van der Waals surface area contributed by atoms with E-state index in [2.05, 4.69) is 5.32 Å². The fourth-order valence-electron chi connectivity index (χ4n) is 3.11. The van der Waals surface area contributed by atoms with Crippen molar-refractivity contribution in [3.05, 3.63) is 71.8 Å². The zero-order chi connectivity index (χ0) is 16.8. The summed E-state index contributed by atoms with van der Waals surface area (Å²) >= 11 is 0. The first-order valence-electron chi connectivity index (χ1n) is 8.26. The first-order valence-corrected chi connectivity index (χ1v) is 8.26. The molecule has 0 aromatic heterocycles. The SMILES string of the molecule is O=C1CCC(C(CC(=O)OCc2ccccc2)c2ccccc2)N1. The highest BCUT2D eigenvalue weighted by atomic mass is 16.5. The van der Waals surface area contributed by atoms with Crippen molar-refractivity contribution in [2.75, 3.05) is 0 Å². The first-order chi connectivity index (χ1) is 11.7. The number of carbonyl (C=O) groups is 2. The lowest BCUT2D eigenvalue weighted by molar-refractivity contribution is -0.145. The van der Waals surface area contributed by atoms with Gasteiger partial charge in [0.05, 0.1) is 6.42 Å². The maximum Gasteiger partial charge on any atom is 0.306 e. The summed E-state index contributed by atoms with van der Waals surface area (Å²) in [5.74, 6) is -0.242. The Hall–Kier alpha value is -2.62. The topological polar surface area (TPSA) is 55.4 Å². The van der Waals surface area contributed by atoms with E-state index in [0.717, 1.165) is 17.5 Å². The van der Waals surface area contributed by atoms with E-state index in [4.69, 9.17) is 4.74 Å². The fourth-order valence-corrected chi connectivity index (χ4v) is 3.11. The van der Waals surface area contributed by atoms with Gasteiger partial charge in [0.15, 0.2) is 0 Å². The molecule has 4 heteroatoms. The number of ether oxygens (including phenoxy) is 1. The lowest BCUT2D eigenvalue weighted by atomic mass is 9.88. The molecule has 4 nitrogen and oxygen atoms in total. The molecule has 1 amide bonds. The molecular weight excluding hydrogens is 302 g/mol. The summed E-state index contributed by atoms with van der Waals surface area (Å²) in [5, 5.41) is 2.98. The smallest absolute Gasteiger partial charge is 0.306 e. The molecule has 1 aliphatic rings. The van der Waals surface area contributed by atoms with Crippen LogP contribution in [0.15, 0.2) is 60.7 Å². The van der Waals surface area contributed by atoms with Crippen LogP contribution in [0.25, 0.3) is 0 Å². The third-order valence-electron chi connectivity index (χ3n) is 4.37. The number of hydrogen-bond acceptors (Lipinski definition) is 3. The standard InChI is InChI=1S/C20H21NO3/c22-19-12-11-18(21-19)17(16-9-5-2-6-10-16)13-20(23)24-14-15-7-3-1-4-8-15/h1-10,17-18H,11-14H2,(H,21,22). The van der Waals surface area contributed by atoms with Gasteiger partial charge in [-0.2, -0.15) is 0 Å². The van der Waals surface area contributed by atoms with Crippen LogP contribution in [0, 0.1) is 0 Å². The van der Waals surface area contributed by atoms with E-state index in [9.17, 15) is 9.59 Å². The summed E-state index contributed by atoms with van der Waals surface area (Å²) in [6, 6.07) is 19.5. The Labute approximate surface area is 141 Å². The monoisotopic (exact) mass is 323 g/mol. The summed E-state index contributed by atoms with van der Waals surface area (Å²) < 4.78 is 5.41. The number of rotatable bonds is 6. The largest absolute Gasteiger partial charge is 0.461 e. The van der Waals surface area contributed by atoms with Crippen molar-refractivity contribution in [1.29, 1.82) is 0 Å². The molecule has 1 aliphatic heterocycles. The molecule has 0 radical (unpaired) electrons. The first kappa shape index (κ1) is 16.2. The predicted octanol–water partition coefficient (Wildman–Crippen LogP) is 3.18. The van der Waals surface area contributed by atoms with Crippen molar-refractivity contribution in [1.82, 2.24) is 5.32 Å². The van der Waals surface area contributed by atoms with E-state index in [0.29, 0.717) is 6.42 Å². The van der Waals surface area contributed by atoms with Gasteiger partial charge >= 0.3 is 5.97 Å². The van der Waals surface area contributed by atoms with Crippen LogP contribution in [-0.4, -0.2) is 17.9 Å². The van der Waals surface area contributed by atoms with Crippen LogP contribution in [0.2, 0.25) is 0 Å². The van der Waals surface area contributed by atoms with Gasteiger partial charge < -0.3 is 10.1 Å². The van der Waals surface area contributed by atoms with Crippen LogP contribution in [0.4, 0.5) is 0 Å². The molecule has 2 aromatic rings. The maximum absolute atomic E-state index is 12.3. The molecule has 2 unspecified atom stereocenters. The molecule has 24 heavy (non-hydrogen) atoms. The Balaban J connectivity index is 1.65. The van der Waals surface area contributed by atoms with Crippen LogP contribution < -0.4 is 5.32 Å². The molecule has 1 saturated heterocycles. The van der Waals surface area contributed by atoms with Crippen LogP contribution in [-0.2, 0) is 20.9 Å². The van der Waals surface area contributed by atoms with E-state index in [1.54, 1.807) is 0 Å². The molecule has 0 spiro atoms. The predicted molar refractivity (Wildman–Crippen MR) is 91.2 cm³/mol. The van der Waals surface area contributed by atoms with Gasteiger partial charge in [0.25, 0.3) is 0 Å². The van der Waals surface area contributed by atoms with Crippen molar-refractivity contribution in [3.8, 4) is 0 Å². The summed E-state index contributed by atoms with van der Waals surface area (Å²) in [4.78, 5) is 23.9. The summed E-state index contributed by atoms with van der Waals surface area (Å²) in [6.07, 6.45) is 1.54. The number of hydrogen-bond donors (Lipinski definition) is 1. The highest BCUT2D eigenvalue weighted by Gasteiger charge is 2.31. The van der Waals surface area contributed by atoms with Crippen molar-refractivity contribution >= 4 is 11.9 Å².